The van der Waals surface area contributed by atoms with Crippen LogP contribution in [0.1, 0.15) is 0 Å². The van der Waals surface area contributed by atoms with Gasteiger partial charge in [0.05, 0.1) is 11.4 Å². The van der Waals surface area contributed by atoms with Gasteiger partial charge >= 0.3 is 0 Å². The van der Waals surface area contributed by atoms with Gasteiger partial charge in [0.15, 0.2) is 0 Å². The molecule has 0 radical (unpaired) electrons. The van der Waals surface area contributed by atoms with Crippen molar-refractivity contribution in [2.45, 2.75) is 14.7 Å². The smallest absolute Gasteiger partial charge is 0.298 e. The van der Waals surface area contributed by atoms with Gasteiger partial charge in [0.1, 0.15) is 14.7 Å². The summed E-state index contributed by atoms with van der Waals surface area (Å²) in [5.41, 5.74) is 7.88. The molecule has 0 aliphatic carbocycles. The van der Waals surface area contributed by atoms with Crippen molar-refractivity contribution >= 4 is 41.7 Å². The summed E-state index contributed by atoms with van der Waals surface area (Å²) < 4.78 is 93.0. The number of benzene rings is 1. The lowest BCUT2D eigenvalue weighted by molar-refractivity contribution is 0.466. The molecule has 0 aromatic heterocycles. The molecular formula is C6H8N2O9S3. The van der Waals surface area contributed by atoms with E-state index in [1.807, 2.05) is 0 Å². The second kappa shape index (κ2) is 4.54. The van der Waals surface area contributed by atoms with Crippen molar-refractivity contribution in [3.05, 3.63) is 6.07 Å². The fourth-order valence-corrected chi connectivity index (χ4v) is 4.18. The molecule has 0 unspecified atom stereocenters. The van der Waals surface area contributed by atoms with Crippen molar-refractivity contribution in [2.24, 2.45) is 0 Å². The summed E-state index contributed by atoms with van der Waals surface area (Å²) in [6.07, 6.45) is 0. The van der Waals surface area contributed by atoms with Crippen molar-refractivity contribution in [3.63, 3.8) is 0 Å². The lowest BCUT2D eigenvalue weighted by Crippen LogP contribution is -2.17. The van der Waals surface area contributed by atoms with Crippen molar-refractivity contribution in [1.29, 1.82) is 0 Å². The van der Waals surface area contributed by atoms with E-state index >= 15 is 0 Å². The van der Waals surface area contributed by atoms with Crippen LogP contribution >= 0.6 is 0 Å². The third kappa shape index (κ3) is 3.00. The van der Waals surface area contributed by atoms with E-state index in [1.54, 1.807) is 0 Å². The van der Waals surface area contributed by atoms with Crippen LogP contribution in [0.25, 0.3) is 0 Å². The van der Waals surface area contributed by atoms with Crippen LogP contribution < -0.4 is 11.5 Å². The molecule has 0 amide bonds. The molecule has 114 valence electrons. The van der Waals surface area contributed by atoms with Crippen molar-refractivity contribution < 1.29 is 38.9 Å². The highest BCUT2D eigenvalue weighted by Crippen LogP contribution is 2.36. The van der Waals surface area contributed by atoms with Gasteiger partial charge in [-0.3, -0.25) is 13.7 Å². The van der Waals surface area contributed by atoms with Gasteiger partial charge in [-0.2, -0.15) is 25.3 Å². The number of nitrogens with two attached hydrogens (primary N) is 2. The standard InChI is InChI=1S/C6H8N2O9S3/c7-2-1-3(18(9,10)11)4(8)6(20(15,16)17)5(2)19(12,13)14/h1H,7-8H2,(H,9,10,11)(H,12,13,14)(H,15,16,17). The highest BCUT2D eigenvalue weighted by atomic mass is 32.2. The molecular weight excluding hydrogens is 340 g/mol. The van der Waals surface area contributed by atoms with E-state index in [-0.39, 0.29) is 0 Å². The van der Waals surface area contributed by atoms with E-state index in [0.717, 1.165) is 0 Å². The van der Waals surface area contributed by atoms with Gasteiger partial charge in [-0.05, 0) is 6.07 Å². The minimum atomic E-state index is -5.37. The Morgan fingerprint density at radius 3 is 1.45 bits per heavy atom. The van der Waals surface area contributed by atoms with Crippen LogP contribution in [-0.4, -0.2) is 38.9 Å². The number of hydrogen-bond donors (Lipinski definition) is 5. The van der Waals surface area contributed by atoms with E-state index in [4.69, 9.17) is 25.1 Å². The average Bonchev–Trinajstić information content (AvgIpc) is 2.14. The molecule has 0 aliphatic rings. The molecule has 0 saturated carbocycles. The van der Waals surface area contributed by atoms with Crippen LogP contribution in [0.4, 0.5) is 11.4 Å². The van der Waals surface area contributed by atoms with Gasteiger partial charge < -0.3 is 11.5 Å². The normalized spacial score (nSPS) is 13.3. The molecule has 0 fully saturated rings. The lowest BCUT2D eigenvalue weighted by Gasteiger charge is -2.13. The predicted molar refractivity (Wildman–Crippen MR) is 64.7 cm³/mol. The van der Waals surface area contributed by atoms with Gasteiger partial charge in [0.2, 0.25) is 0 Å². The van der Waals surface area contributed by atoms with E-state index < -0.39 is 56.4 Å². The van der Waals surface area contributed by atoms with Crippen molar-refractivity contribution in [3.8, 4) is 0 Å². The summed E-state index contributed by atoms with van der Waals surface area (Å²) in [6.45, 7) is 0. The molecule has 14 heteroatoms. The molecule has 0 aliphatic heterocycles. The molecule has 1 rings (SSSR count). The third-order valence-electron chi connectivity index (χ3n) is 2.06. The predicted octanol–water partition coefficient (Wildman–Crippen LogP) is -1.41. The minimum Gasteiger partial charge on any atom is -0.398 e. The van der Waals surface area contributed by atoms with Gasteiger partial charge in [-0.25, -0.2) is 0 Å². The van der Waals surface area contributed by atoms with Crippen LogP contribution in [0.2, 0.25) is 0 Å². The number of rotatable bonds is 3. The molecule has 0 atom stereocenters. The number of hydrogen-bond acceptors (Lipinski definition) is 8. The Balaban J connectivity index is 4.20. The van der Waals surface area contributed by atoms with Gasteiger partial charge in [-0.15, -0.1) is 0 Å². The topological polar surface area (TPSA) is 215 Å². The largest absolute Gasteiger partial charge is 0.398 e. The zero-order chi connectivity index (χ0) is 16.1. The van der Waals surface area contributed by atoms with E-state index in [9.17, 15) is 25.3 Å². The van der Waals surface area contributed by atoms with Gasteiger partial charge in [-0.1, -0.05) is 0 Å². The van der Waals surface area contributed by atoms with Gasteiger partial charge in [0, 0.05) is 0 Å². The Hall–Kier alpha value is -1.45. The lowest BCUT2D eigenvalue weighted by atomic mass is 10.3. The molecule has 20 heavy (non-hydrogen) atoms. The molecule has 0 spiro atoms. The summed E-state index contributed by atoms with van der Waals surface area (Å²) in [7, 11) is -15.7. The highest BCUT2D eigenvalue weighted by molar-refractivity contribution is 7.89. The monoisotopic (exact) mass is 348 g/mol. The maximum Gasteiger partial charge on any atom is 0.298 e. The maximum atomic E-state index is 11.1. The van der Waals surface area contributed by atoms with Crippen LogP contribution in [0.5, 0.6) is 0 Å². The van der Waals surface area contributed by atoms with Crippen LogP contribution in [0.3, 0.4) is 0 Å². The van der Waals surface area contributed by atoms with Crippen molar-refractivity contribution in [1.82, 2.24) is 0 Å². The van der Waals surface area contributed by atoms with E-state index in [2.05, 4.69) is 0 Å². The van der Waals surface area contributed by atoms with Crippen molar-refractivity contribution in [2.75, 3.05) is 11.5 Å². The second-order valence-corrected chi connectivity index (χ2v) is 7.57. The molecule has 0 saturated heterocycles. The Morgan fingerprint density at radius 1 is 0.750 bits per heavy atom. The molecule has 1 aromatic carbocycles. The molecule has 0 bridgehead atoms. The Labute approximate surface area is 113 Å². The zero-order valence-corrected chi connectivity index (χ0v) is 11.7. The fourth-order valence-electron chi connectivity index (χ4n) is 1.39. The summed E-state index contributed by atoms with van der Waals surface area (Å²) in [6, 6.07) is 0.322. The Bertz CT molecular complexity index is 882. The average molecular weight is 348 g/mol. The first-order valence-electron chi connectivity index (χ1n) is 4.31. The second-order valence-electron chi connectivity index (χ2n) is 3.46. The quantitative estimate of drug-likeness (QED) is 0.316. The van der Waals surface area contributed by atoms with Crippen LogP contribution in [0.15, 0.2) is 20.8 Å². The molecule has 1 aromatic rings. The molecule has 7 N–H and O–H groups in total. The summed E-state index contributed by atoms with van der Waals surface area (Å²) in [5.74, 6) is 0. The number of anilines is 2. The van der Waals surface area contributed by atoms with E-state index in [1.165, 1.54) is 0 Å². The zero-order valence-electron chi connectivity index (χ0n) is 9.25. The Morgan fingerprint density at radius 2 is 1.15 bits per heavy atom. The maximum absolute atomic E-state index is 11.1. The first kappa shape index (κ1) is 16.6. The molecule has 11 nitrogen and oxygen atoms in total. The first-order valence-corrected chi connectivity index (χ1v) is 8.63. The Kier molecular flexibility index (Phi) is 3.77. The third-order valence-corrected chi connectivity index (χ3v) is 4.98. The van der Waals surface area contributed by atoms with Crippen LogP contribution in [-0.2, 0) is 30.4 Å². The summed E-state index contributed by atoms with van der Waals surface area (Å²) in [4.78, 5) is -4.38. The SMILES string of the molecule is Nc1cc(S(=O)(=O)O)c(N)c(S(=O)(=O)O)c1S(=O)(=O)O. The summed E-state index contributed by atoms with van der Waals surface area (Å²) >= 11 is 0. The number of nitrogen functional groups attached to an aromatic ring is 2. The highest BCUT2D eigenvalue weighted by Gasteiger charge is 2.33. The van der Waals surface area contributed by atoms with Gasteiger partial charge in [0.25, 0.3) is 30.4 Å². The summed E-state index contributed by atoms with van der Waals surface area (Å²) in [5, 5.41) is 0. The molecule has 0 heterocycles. The first-order chi connectivity index (χ1) is 8.67. The van der Waals surface area contributed by atoms with E-state index in [0.29, 0.717) is 6.07 Å². The minimum absolute atomic E-state index is 0.322. The fraction of sp³-hybridized carbons (Fsp3) is 0. The van der Waals surface area contributed by atoms with Crippen LogP contribution in [0, 0.1) is 0 Å².